The number of hydrogen-bond donors (Lipinski definition) is 3. The number of carboxylic acid groups (broad SMARTS) is 1. The quantitative estimate of drug-likeness (QED) is 0.723. The van der Waals surface area contributed by atoms with Crippen LogP contribution in [0.4, 0.5) is 11.4 Å². The molecule has 1 fully saturated rings. The minimum absolute atomic E-state index is 0.0566. The number of carbonyl (C=O) groups excluding carboxylic acids is 2. The lowest BCUT2D eigenvalue weighted by Gasteiger charge is -2.08. The average molecular weight is 292 g/mol. The molecule has 0 bridgehead atoms. The second kappa shape index (κ2) is 6.36. The molecule has 1 aliphatic carbocycles. The summed E-state index contributed by atoms with van der Waals surface area (Å²) in [7, 11) is 1.42. The molecule has 0 spiro atoms. The fraction of sp³-hybridized carbons (Fsp3) is 0.357. The van der Waals surface area contributed by atoms with Crippen LogP contribution >= 0.6 is 0 Å². The standard InChI is InChI=1S/C14H16N2O5/c1-21-7-12(17)15-8-3-2-4-9(5-8)16-13(18)10-6-11(10)14(19)20/h2-5,10-11H,6-7H2,1H3,(H,15,17)(H,16,18)(H,19,20)/t10-,11+/m1/s1. The van der Waals surface area contributed by atoms with Crippen molar-refractivity contribution in [2.75, 3.05) is 24.4 Å². The molecule has 3 N–H and O–H groups in total. The summed E-state index contributed by atoms with van der Waals surface area (Å²) >= 11 is 0. The number of aliphatic carboxylic acids is 1. The minimum atomic E-state index is -0.948. The van der Waals surface area contributed by atoms with Gasteiger partial charge in [-0.3, -0.25) is 14.4 Å². The number of methoxy groups -OCH3 is 1. The molecule has 0 radical (unpaired) electrons. The smallest absolute Gasteiger partial charge is 0.307 e. The van der Waals surface area contributed by atoms with Gasteiger partial charge in [0.05, 0.1) is 11.8 Å². The molecular weight excluding hydrogens is 276 g/mol. The number of carboxylic acids is 1. The monoisotopic (exact) mass is 292 g/mol. The fourth-order valence-corrected chi connectivity index (χ4v) is 2.00. The highest BCUT2D eigenvalue weighted by atomic mass is 16.5. The van der Waals surface area contributed by atoms with E-state index in [0.29, 0.717) is 17.8 Å². The van der Waals surface area contributed by atoms with Crippen molar-refractivity contribution in [3.05, 3.63) is 24.3 Å². The normalized spacial score (nSPS) is 19.7. The Balaban J connectivity index is 1.94. The molecule has 1 aromatic rings. The summed E-state index contributed by atoms with van der Waals surface area (Å²) in [6.07, 6.45) is 0.367. The van der Waals surface area contributed by atoms with E-state index in [0.717, 1.165) is 0 Å². The molecule has 0 aromatic heterocycles. The molecule has 0 aliphatic heterocycles. The Morgan fingerprint density at radius 3 is 2.48 bits per heavy atom. The lowest BCUT2D eigenvalue weighted by Crippen LogP contribution is -2.18. The Morgan fingerprint density at radius 2 is 1.90 bits per heavy atom. The number of benzene rings is 1. The summed E-state index contributed by atoms with van der Waals surface area (Å²) in [5.74, 6) is -2.63. The number of amides is 2. The first-order valence-electron chi connectivity index (χ1n) is 6.44. The van der Waals surface area contributed by atoms with Gasteiger partial charge < -0.3 is 20.5 Å². The molecule has 2 atom stereocenters. The van der Waals surface area contributed by atoms with Crippen LogP contribution in [0.15, 0.2) is 24.3 Å². The van der Waals surface area contributed by atoms with E-state index < -0.39 is 17.8 Å². The fourth-order valence-electron chi connectivity index (χ4n) is 2.00. The van der Waals surface area contributed by atoms with E-state index in [2.05, 4.69) is 10.6 Å². The van der Waals surface area contributed by atoms with Crippen LogP contribution in [0.2, 0.25) is 0 Å². The Hall–Kier alpha value is -2.41. The van der Waals surface area contributed by atoms with Crippen molar-refractivity contribution in [3.8, 4) is 0 Å². The Bertz CT molecular complexity index is 572. The van der Waals surface area contributed by atoms with Crippen molar-refractivity contribution in [3.63, 3.8) is 0 Å². The highest BCUT2D eigenvalue weighted by molar-refractivity contribution is 5.99. The minimum Gasteiger partial charge on any atom is -0.481 e. The van der Waals surface area contributed by atoms with Crippen molar-refractivity contribution in [1.82, 2.24) is 0 Å². The SMILES string of the molecule is COCC(=O)Nc1cccc(NC(=O)[C@@H]2C[C@@H]2C(=O)O)c1. The van der Waals surface area contributed by atoms with Gasteiger partial charge in [0, 0.05) is 18.5 Å². The number of carbonyl (C=O) groups is 3. The van der Waals surface area contributed by atoms with E-state index in [9.17, 15) is 14.4 Å². The number of nitrogens with one attached hydrogen (secondary N) is 2. The molecule has 112 valence electrons. The second-order valence-electron chi connectivity index (χ2n) is 4.84. The van der Waals surface area contributed by atoms with Crippen molar-refractivity contribution >= 4 is 29.2 Å². The molecule has 21 heavy (non-hydrogen) atoms. The van der Waals surface area contributed by atoms with E-state index >= 15 is 0 Å². The van der Waals surface area contributed by atoms with Crippen molar-refractivity contribution in [2.45, 2.75) is 6.42 Å². The third kappa shape index (κ3) is 4.03. The van der Waals surface area contributed by atoms with Crippen LogP contribution in [-0.2, 0) is 19.1 Å². The summed E-state index contributed by atoms with van der Waals surface area (Å²) < 4.78 is 4.71. The molecule has 0 saturated heterocycles. The maximum absolute atomic E-state index is 11.8. The van der Waals surface area contributed by atoms with Crippen LogP contribution in [0, 0.1) is 11.8 Å². The molecule has 1 saturated carbocycles. The van der Waals surface area contributed by atoms with E-state index in [4.69, 9.17) is 9.84 Å². The average Bonchev–Trinajstić information content (AvgIpc) is 3.19. The van der Waals surface area contributed by atoms with Crippen molar-refractivity contribution < 1.29 is 24.2 Å². The van der Waals surface area contributed by atoms with Gasteiger partial charge in [0.25, 0.3) is 0 Å². The van der Waals surface area contributed by atoms with Crippen LogP contribution in [0.3, 0.4) is 0 Å². The summed E-state index contributed by atoms with van der Waals surface area (Å²) in [6.45, 7) is -0.0566. The van der Waals surface area contributed by atoms with Crippen LogP contribution in [0.1, 0.15) is 6.42 Å². The van der Waals surface area contributed by atoms with Gasteiger partial charge in [-0.15, -0.1) is 0 Å². The van der Waals surface area contributed by atoms with Gasteiger partial charge in [0.2, 0.25) is 11.8 Å². The number of rotatable bonds is 6. The van der Waals surface area contributed by atoms with Crippen LogP contribution in [-0.4, -0.2) is 36.6 Å². The van der Waals surface area contributed by atoms with Crippen LogP contribution in [0.5, 0.6) is 0 Å². The van der Waals surface area contributed by atoms with E-state index in [1.165, 1.54) is 7.11 Å². The molecule has 1 aromatic carbocycles. The largest absolute Gasteiger partial charge is 0.481 e. The van der Waals surface area contributed by atoms with E-state index in [1.807, 2.05) is 0 Å². The van der Waals surface area contributed by atoms with Gasteiger partial charge in [0.1, 0.15) is 6.61 Å². The molecule has 7 nitrogen and oxygen atoms in total. The number of hydrogen-bond acceptors (Lipinski definition) is 4. The summed E-state index contributed by atoms with van der Waals surface area (Å²) in [5.41, 5.74) is 1.03. The molecule has 0 heterocycles. The van der Waals surface area contributed by atoms with Gasteiger partial charge in [-0.25, -0.2) is 0 Å². The Morgan fingerprint density at radius 1 is 1.24 bits per heavy atom. The molecule has 1 aliphatic rings. The number of ether oxygens (including phenoxy) is 1. The summed E-state index contributed by atoms with van der Waals surface area (Å²) in [4.78, 5) is 34.0. The topological polar surface area (TPSA) is 105 Å². The van der Waals surface area contributed by atoms with E-state index in [-0.39, 0.29) is 18.4 Å². The van der Waals surface area contributed by atoms with Gasteiger partial charge in [-0.05, 0) is 24.6 Å². The maximum atomic E-state index is 11.8. The first-order chi connectivity index (χ1) is 10.0. The van der Waals surface area contributed by atoms with Gasteiger partial charge in [0.15, 0.2) is 0 Å². The molecule has 0 unspecified atom stereocenters. The lowest BCUT2D eigenvalue weighted by molar-refractivity contribution is -0.139. The molecule has 2 rings (SSSR count). The highest BCUT2D eigenvalue weighted by Gasteiger charge is 2.48. The summed E-state index contributed by atoms with van der Waals surface area (Å²) in [5, 5.41) is 14.1. The first kappa shape index (κ1) is 15.0. The molecular formula is C14H16N2O5. The second-order valence-corrected chi connectivity index (χ2v) is 4.84. The Labute approximate surface area is 121 Å². The third-order valence-corrected chi connectivity index (χ3v) is 3.13. The highest BCUT2D eigenvalue weighted by Crippen LogP contribution is 2.39. The zero-order chi connectivity index (χ0) is 15.4. The van der Waals surface area contributed by atoms with Gasteiger partial charge in [-0.1, -0.05) is 6.07 Å². The molecule has 2 amide bonds. The zero-order valence-corrected chi connectivity index (χ0v) is 11.5. The van der Waals surface area contributed by atoms with Crippen LogP contribution < -0.4 is 10.6 Å². The Kier molecular flexibility index (Phi) is 4.54. The van der Waals surface area contributed by atoms with Gasteiger partial charge >= 0.3 is 5.97 Å². The van der Waals surface area contributed by atoms with Crippen LogP contribution in [0.25, 0.3) is 0 Å². The lowest BCUT2D eigenvalue weighted by atomic mass is 10.2. The predicted octanol–water partition coefficient (Wildman–Crippen LogP) is 0.931. The summed E-state index contributed by atoms with van der Waals surface area (Å²) in [6, 6.07) is 6.63. The third-order valence-electron chi connectivity index (χ3n) is 3.13. The number of anilines is 2. The first-order valence-corrected chi connectivity index (χ1v) is 6.44. The van der Waals surface area contributed by atoms with E-state index in [1.54, 1.807) is 24.3 Å². The van der Waals surface area contributed by atoms with Gasteiger partial charge in [-0.2, -0.15) is 0 Å². The van der Waals surface area contributed by atoms with Crippen molar-refractivity contribution in [2.24, 2.45) is 11.8 Å². The van der Waals surface area contributed by atoms with Crippen molar-refractivity contribution in [1.29, 1.82) is 0 Å². The predicted molar refractivity (Wildman–Crippen MR) is 74.8 cm³/mol. The maximum Gasteiger partial charge on any atom is 0.307 e. The zero-order valence-electron chi connectivity index (χ0n) is 11.5. The molecule has 7 heteroatoms.